The number of aliphatic hydroxyl groups excluding tert-OH is 1. The second-order valence-electron chi connectivity index (χ2n) is 7.47. The molecule has 0 bridgehead atoms. The summed E-state index contributed by atoms with van der Waals surface area (Å²) in [5.41, 5.74) is 4.03. The number of aliphatic hydroxyl groups is 1. The van der Waals surface area contributed by atoms with Crippen LogP contribution in [-0.2, 0) is 0 Å². The topological polar surface area (TPSA) is 42.4 Å². The minimum absolute atomic E-state index is 0.273. The summed E-state index contributed by atoms with van der Waals surface area (Å²) < 4.78 is 20.0. The van der Waals surface area contributed by atoms with Crippen molar-refractivity contribution in [1.29, 1.82) is 0 Å². The number of aromatic nitrogens is 1. The first-order valence-electron chi connectivity index (χ1n) is 10.5. The Morgan fingerprint density at radius 1 is 1.06 bits per heavy atom. The lowest BCUT2D eigenvalue weighted by Gasteiger charge is -2.07. The van der Waals surface area contributed by atoms with Gasteiger partial charge in [0, 0.05) is 22.9 Å². The second kappa shape index (κ2) is 11.2. The van der Waals surface area contributed by atoms with E-state index in [-0.39, 0.29) is 11.9 Å². The van der Waals surface area contributed by atoms with Gasteiger partial charge in [-0.15, -0.1) is 0 Å². The number of halogens is 1. The van der Waals surface area contributed by atoms with Gasteiger partial charge in [-0.3, -0.25) is 4.98 Å². The van der Waals surface area contributed by atoms with Crippen molar-refractivity contribution in [2.75, 3.05) is 6.61 Å². The molecule has 0 fully saturated rings. The van der Waals surface area contributed by atoms with Gasteiger partial charge in [0.2, 0.25) is 0 Å². The quantitative estimate of drug-likeness (QED) is 0.295. The van der Waals surface area contributed by atoms with Gasteiger partial charge in [-0.2, -0.15) is 0 Å². The van der Waals surface area contributed by atoms with Gasteiger partial charge in [-0.05, 0) is 56.0 Å². The molecule has 1 N–H and O–H groups in total. The number of benzene rings is 2. The molecule has 0 aliphatic rings. The molecule has 31 heavy (non-hydrogen) atoms. The van der Waals surface area contributed by atoms with E-state index in [9.17, 15) is 9.50 Å². The van der Waals surface area contributed by atoms with Gasteiger partial charge in [0.1, 0.15) is 18.2 Å². The summed E-state index contributed by atoms with van der Waals surface area (Å²) in [6.45, 7) is 5.89. The second-order valence-corrected chi connectivity index (χ2v) is 7.47. The molecule has 0 aliphatic carbocycles. The molecule has 0 amide bonds. The Labute approximate surface area is 183 Å². The number of rotatable bonds is 10. The van der Waals surface area contributed by atoms with Gasteiger partial charge in [-0.25, -0.2) is 4.39 Å². The van der Waals surface area contributed by atoms with E-state index in [4.69, 9.17) is 4.74 Å². The zero-order chi connectivity index (χ0) is 22.1. The molecule has 0 saturated heterocycles. The summed E-state index contributed by atoms with van der Waals surface area (Å²) in [6, 6.07) is 16.8. The predicted octanol–water partition coefficient (Wildman–Crippen LogP) is 6.68. The van der Waals surface area contributed by atoms with E-state index in [0.29, 0.717) is 12.2 Å². The highest BCUT2D eigenvalue weighted by Gasteiger charge is 2.06. The Hall–Kier alpha value is -3.24. The van der Waals surface area contributed by atoms with Crippen molar-refractivity contribution in [2.24, 2.45) is 0 Å². The summed E-state index contributed by atoms with van der Waals surface area (Å²) in [7, 11) is 0. The SMILES string of the molecule is C=CCOc1ccc(-c2ccc(-c3ccc(C=CCCCC(C)O)c(F)c3)nc2)cc1. The minimum atomic E-state index is -0.293. The molecule has 0 aliphatic heterocycles. The molecular formula is C27H28FNO2. The van der Waals surface area contributed by atoms with E-state index in [2.05, 4.69) is 11.6 Å². The molecule has 1 unspecified atom stereocenters. The van der Waals surface area contributed by atoms with Crippen LogP contribution < -0.4 is 4.74 Å². The first-order chi connectivity index (χ1) is 15.1. The number of nitrogens with zero attached hydrogens (tertiary/aromatic N) is 1. The predicted molar refractivity (Wildman–Crippen MR) is 125 cm³/mol. The lowest BCUT2D eigenvalue weighted by Crippen LogP contribution is -1.97. The molecule has 160 valence electrons. The smallest absolute Gasteiger partial charge is 0.131 e. The number of ether oxygens (including phenoxy) is 1. The van der Waals surface area contributed by atoms with Crippen molar-refractivity contribution < 1.29 is 14.2 Å². The van der Waals surface area contributed by atoms with E-state index in [1.165, 1.54) is 6.07 Å². The molecule has 1 heterocycles. The normalized spacial score (nSPS) is 12.1. The maximum atomic E-state index is 14.5. The Kier molecular flexibility index (Phi) is 8.13. The van der Waals surface area contributed by atoms with Crippen LogP contribution in [0.25, 0.3) is 28.5 Å². The Morgan fingerprint density at radius 2 is 1.81 bits per heavy atom. The van der Waals surface area contributed by atoms with Crippen molar-refractivity contribution in [3.63, 3.8) is 0 Å². The fourth-order valence-corrected chi connectivity index (χ4v) is 3.20. The maximum Gasteiger partial charge on any atom is 0.131 e. The van der Waals surface area contributed by atoms with Crippen molar-refractivity contribution in [3.8, 4) is 28.1 Å². The molecule has 3 aromatic rings. The van der Waals surface area contributed by atoms with Crippen LogP contribution in [0, 0.1) is 5.82 Å². The molecule has 1 aromatic heterocycles. The summed E-state index contributed by atoms with van der Waals surface area (Å²) in [5, 5.41) is 9.27. The Bertz CT molecular complexity index is 1010. The number of allylic oxidation sites excluding steroid dienone is 1. The van der Waals surface area contributed by atoms with Crippen LogP contribution in [0.2, 0.25) is 0 Å². The third-order valence-corrected chi connectivity index (χ3v) is 4.91. The number of unbranched alkanes of at least 4 members (excludes halogenated alkanes) is 1. The molecule has 1 atom stereocenters. The molecule has 4 heteroatoms. The highest BCUT2D eigenvalue weighted by Crippen LogP contribution is 2.26. The monoisotopic (exact) mass is 417 g/mol. The summed E-state index contributed by atoms with van der Waals surface area (Å²) in [5.74, 6) is 0.520. The highest BCUT2D eigenvalue weighted by molar-refractivity contribution is 5.68. The zero-order valence-corrected chi connectivity index (χ0v) is 17.8. The van der Waals surface area contributed by atoms with E-state index < -0.39 is 0 Å². The number of hydrogen-bond donors (Lipinski definition) is 1. The van der Waals surface area contributed by atoms with Gasteiger partial charge >= 0.3 is 0 Å². The van der Waals surface area contributed by atoms with Crippen molar-refractivity contribution >= 4 is 6.08 Å². The van der Waals surface area contributed by atoms with Gasteiger partial charge in [0.25, 0.3) is 0 Å². The van der Waals surface area contributed by atoms with Crippen LogP contribution in [0.1, 0.15) is 31.7 Å². The standard InChI is InChI=1S/C27H28FNO2/c1-3-17-31-25-14-11-21(12-15-25)24-13-16-27(29-19-24)23-10-9-22(26(28)18-23)8-6-4-5-7-20(2)30/h3,6,8-16,18-20,30H,1,4-5,7,17H2,2H3. The molecular weight excluding hydrogens is 389 g/mol. The molecule has 2 aromatic carbocycles. The summed E-state index contributed by atoms with van der Waals surface area (Å²) in [6.07, 6.45) is 9.40. The number of pyridine rings is 1. The van der Waals surface area contributed by atoms with E-state index in [0.717, 1.165) is 47.4 Å². The number of hydrogen-bond acceptors (Lipinski definition) is 3. The van der Waals surface area contributed by atoms with Crippen LogP contribution in [0.5, 0.6) is 5.75 Å². The lowest BCUT2D eigenvalue weighted by atomic mass is 10.0. The average molecular weight is 418 g/mol. The Morgan fingerprint density at radius 3 is 2.45 bits per heavy atom. The van der Waals surface area contributed by atoms with Crippen LogP contribution in [0.4, 0.5) is 4.39 Å². The van der Waals surface area contributed by atoms with Gasteiger partial charge in [0.15, 0.2) is 0 Å². The van der Waals surface area contributed by atoms with Crippen molar-refractivity contribution in [1.82, 2.24) is 4.98 Å². The first kappa shape index (κ1) is 22.4. The van der Waals surface area contributed by atoms with Crippen LogP contribution in [0.15, 0.2) is 79.5 Å². The van der Waals surface area contributed by atoms with Crippen molar-refractivity contribution in [3.05, 3.63) is 90.9 Å². The fourth-order valence-electron chi connectivity index (χ4n) is 3.20. The van der Waals surface area contributed by atoms with Crippen LogP contribution in [-0.4, -0.2) is 22.8 Å². The van der Waals surface area contributed by atoms with Gasteiger partial charge in [0.05, 0.1) is 11.8 Å². The van der Waals surface area contributed by atoms with Gasteiger partial charge in [-0.1, -0.05) is 55.1 Å². The van der Waals surface area contributed by atoms with Crippen molar-refractivity contribution in [2.45, 2.75) is 32.3 Å². The van der Waals surface area contributed by atoms with E-state index in [1.807, 2.05) is 48.5 Å². The van der Waals surface area contributed by atoms with Crippen LogP contribution >= 0.6 is 0 Å². The van der Waals surface area contributed by atoms with Crippen LogP contribution in [0.3, 0.4) is 0 Å². The average Bonchev–Trinajstić information content (AvgIpc) is 2.78. The summed E-state index contributed by atoms with van der Waals surface area (Å²) >= 11 is 0. The lowest BCUT2D eigenvalue weighted by molar-refractivity contribution is 0.182. The molecule has 3 nitrogen and oxygen atoms in total. The Balaban J connectivity index is 1.66. The first-order valence-corrected chi connectivity index (χ1v) is 10.5. The maximum absolute atomic E-state index is 14.5. The highest BCUT2D eigenvalue weighted by atomic mass is 19.1. The van der Waals surface area contributed by atoms with E-state index >= 15 is 0 Å². The molecule has 0 radical (unpaired) electrons. The summed E-state index contributed by atoms with van der Waals surface area (Å²) in [4.78, 5) is 4.52. The molecule has 0 saturated carbocycles. The van der Waals surface area contributed by atoms with E-state index in [1.54, 1.807) is 31.3 Å². The third kappa shape index (κ3) is 6.63. The largest absolute Gasteiger partial charge is 0.490 e. The fraction of sp³-hybridized carbons (Fsp3) is 0.222. The van der Waals surface area contributed by atoms with Gasteiger partial charge < -0.3 is 9.84 Å². The third-order valence-electron chi connectivity index (χ3n) is 4.91. The minimum Gasteiger partial charge on any atom is -0.490 e. The zero-order valence-electron chi connectivity index (χ0n) is 17.8. The molecule has 3 rings (SSSR count). The molecule has 0 spiro atoms.